The molecular formula is C21H18BrF3N4OS. The summed E-state index contributed by atoms with van der Waals surface area (Å²) >= 11 is 4.77. The molecule has 1 N–H and O–H groups in total. The first-order chi connectivity index (χ1) is 14.8. The lowest BCUT2D eigenvalue weighted by atomic mass is 10.0. The van der Waals surface area contributed by atoms with E-state index in [0.29, 0.717) is 6.54 Å². The predicted octanol–water partition coefficient (Wildman–Crippen LogP) is 5.96. The minimum atomic E-state index is -4.49. The largest absolute Gasteiger partial charge is 0.410 e. The van der Waals surface area contributed by atoms with E-state index in [2.05, 4.69) is 26.3 Å². The van der Waals surface area contributed by atoms with E-state index in [-0.39, 0.29) is 22.4 Å². The van der Waals surface area contributed by atoms with E-state index in [4.69, 9.17) is 0 Å². The van der Waals surface area contributed by atoms with E-state index < -0.39 is 24.2 Å². The number of carbonyl (C=O) groups is 1. The van der Waals surface area contributed by atoms with Gasteiger partial charge in [-0.1, -0.05) is 24.3 Å². The fourth-order valence-corrected chi connectivity index (χ4v) is 5.61. The second-order valence-electron chi connectivity index (χ2n) is 7.65. The van der Waals surface area contributed by atoms with Crippen molar-refractivity contribution in [2.45, 2.75) is 37.5 Å². The predicted molar refractivity (Wildman–Crippen MR) is 117 cm³/mol. The van der Waals surface area contributed by atoms with Crippen LogP contribution in [0.4, 0.5) is 24.7 Å². The molecule has 3 aromatic rings. The number of nitrogens with one attached hydrogen (secondary N) is 1. The molecule has 1 amide bonds. The highest BCUT2D eigenvalue weighted by atomic mass is 79.9. The van der Waals surface area contributed by atoms with Crippen molar-refractivity contribution in [3.05, 3.63) is 62.4 Å². The smallest absolute Gasteiger partial charge is 0.362 e. The van der Waals surface area contributed by atoms with Gasteiger partial charge < -0.3 is 10.2 Å². The number of alkyl halides is 3. The lowest BCUT2D eigenvalue weighted by molar-refractivity contribution is -0.173. The molecule has 0 bridgehead atoms. The quantitative estimate of drug-likeness (QED) is 0.462. The van der Waals surface area contributed by atoms with Crippen molar-refractivity contribution >= 4 is 44.7 Å². The molecule has 4 heterocycles. The molecule has 0 saturated heterocycles. The summed E-state index contributed by atoms with van der Waals surface area (Å²) in [4.78, 5) is 15.8. The molecule has 5 nitrogen and oxygen atoms in total. The number of anilines is 2. The molecule has 2 aliphatic rings. The number of aromatic nitrogens is 2. The van der Waals surface area contributed by atoms with E-state index in [0.717, 1.165) is 33.7 Å². The first-order valence-electron chi connectivity index (χ1n) is 9.89. The minimum Gasteiger partial charge on any atom is -0.362 e. The molecule has 162 valence electrons. The van der Waals surface area contributed by atoms with Crippen LogP contribution in [0.1, 0.15) is 45.9 Å². The molecule has 0 aliphatic carbocycles. The number of hydrogen-bond donors (Lipinski definition) is 1. The van der Waals surface area contributed by atoms with Crippen LogP contribution in [0.3, 0.4) is 0 Å². The molecular weight excluding hydrogens is 493 g/mol. The van der Waals surface area contributed by atoms with Crippen LogP contribution in [0.2, 0.25) is 0 Å². The summed E-state index contributed by atoms with van der Waals surface area (Å²) in [5.41, 5.74) is 1.82. The summed E-state index contributed by atoms with van der Waals surface area (Å²) < 4.78 is 43.0. The van der Waals surface area contributed by atoms with Crippen molar-refractivity contribution in [3.63, 3.8) is 0 Å². The molecule has 2 aliphatic heterocycles. The first-order valence-corrected chi connectivity index (χ1v) is 11.6. The molecule has 5 rings (SSSR count). The summed E-state index contributed by atoms with van der Waals surface area (Å²) in [7, 11) is 0. The Kier molecular flexibility index (Phi) is 5.09. The number of amides is 1. The van der Waals surface area contributed by atoms with Crippen LogP contribution >= 0.6 is 27.3 Å². The van der Waals surface area contributed by atoms with Crippen LogP contribution in [0.5, 0.6) is 0 Å². The lowest BCUT2D eigenvalue weighted by Crippen LogP contribution is -2.37. The topological polar surface area (TPSA) is 50.2 Å². The maximum absolute atomic E-state index is 13.9. The highest BCUT2D eigenvalue weighted by Crippen LogP contribution is 2.47. The van der Waals surface area contributed by atoms with Gasteiger partial charge in [0.05, 0.1) is 10.5 Å². The number of rotatable bonds is 2. The van der Waals surface area contributed by atoms with Crippen molar-refractivity contribution in [2.24, 2.45) is 0 Å². The highest BCUT2D eigenvalue weighted by molar-refractivity contribution is 9.10. The van der Waals surface area contributed by atoms with Gasteiger partial charge in [0.1, 0.15) is 5.82 Å². The minimum absolute atomic E-state index is 0.0136. The van der Waals surface area contributed by atoms with Gasteiger partial charge in [-0.3, -0.25) is 4.79 Å². The Hall–Kier alpha value is -2.33. The zero-order valence-electron chi connectivity index (χ0n) is 16.2. The van der Waals surface area contributed by atoms with Gasteiger partial charge in [-0.05, 0) is 51.8 Å². The van der Waals surface area contributed by atoms with E-state index in [1.807, 2.05) is 41.8 Å². The maximum atomic E-state index is 13.9. The molecule has 2 atom stereocenters. The van der Waals surface area contributed by atoms with Crippen LogP contribution in [0.25, 0.3) is 0 Å². The van der Waals surface area contributed by atoms with Crippen molar-refractivity contribution < 1.29 is 18.0 Å². The summed E-state index contributed by atoms with van der Waals surface area (Å²) in [6.45, 7) is 0.498. The van der Waals surface area contributed by atoms with Gasteiger partial charge in [0.2, 0.25) is 0 Å². The Balaban J connectivity index is 1.56. The normalized spacial score (nSPS) is 20.7. The van der Waals surface area contributed by atoms with Crippen LogP contribution in [-0.4, -0.2) is 28.4 Å². The second-order valence-corrected chi connectivity index (χ2v) is 9.42. The SMILES string of the molecule is O=C(c1nn2c(c1Br)N[C@@H](c1cccs1)C[C@@H]2C(F)(F)F)N1CCCc2ccccc21. The third-order valence-electron chi connectivity index (χ3n) is 5.74. The molecule has 31 heavy (non-hydrogen) atoms. The summed E-state index contributed by atoms with van der Waals surface area (Å²) in [5, 5.41) is 9.16. The van der Waals surface area contributed by atoms with Crippen LogP contribution < -0.4 is 10.2 Å². The van der Waals surface area contributed by atoms with Crippen molar-refractivity contribution in [3.8, 4) is 0 Å². The van der Waals surface area contributed by atoms with Gasteiger partial charge in [-0.15, -0.1) is 11.3 Å². The number of carbonyl (C=O) groups excluding carboxylic acids is 1. The number of thiophene rings is 1. The Morgan fingerprint density at radius 1 is 1.23 bits per heavy atom. The fraction of sp³-hybridized carbons (Fsp3) is 0.333. The maximum Gasteiger partial charge on any atom is 0.410 e. The molecule has 1 aromatic carbocycles. The Bertz CT molecular complexity index is 1130. The van der Waals surface area contributed by atoms with Gasteiger partial charge in [-0.2, -0.15) is 18.3 Å². The van der Waals surface area contributed by atoms with Crippen molar-refractivity contribution in [1.29, 1.82) is 0 Å². The molecule has 0 unspecified atom stereocenters. The number of fused-ring (bicyclic) bond motifs is 2. The lowest BCUT2D eigenvalue weighted by Gasteiger charge is -2.33. The Morgan fingerprint density at radius 3 is 2.77 bits per heavy atom. The molecule has 0 fully saturated rings. The first kappa shape index (κ1) is 20.6. The van der Waals surface area contributed by atoms with Gasteiger partial charge in [0.15, 0.2) is 11.7 Å². The van der Waals surface area contributed by atoms with Crippen LogP contribution in [0.15, 0.2) is 46.3 Å². The monoisotopic (exact) mass is 510 g/mol. The second kappa shape index (κ2) is 7.67. The van der Waals surface area contributed by atoms with Crippen molar-refractivity contribution in [2.75, 3.05) is 16.8 Å². The molecule has 10 heteroatoms. The third kappa shape index (κ3) is 3.55. The number of aryl methyl sites for hydroxylation is 1. The van der Waals surface area contributed by atoms with E-state index in [9.17, 15) is 18.0 Å². The number of nitrogens with zero attached hydrogens (tertiary/aromatic N) is 3. The molecule has 0 spiro atoms. The van der Waals surface area contributed by atoms with E-state index >= 15 is 0 Å². The summed E-state index contributed by atoms with van der Waals surface area (Å²) in [5.74, 6) is -0.225. The summed E-state index contributed by atoms with van der Waals surface area (Å²) in [6.07, 6.45) is -3.03. The molecule has 2 aromatic heterocycles. The standard InChI is InChI=1S/C21H18BrF3N4OS/c22-17-18(20(30)28-9-3-6-12-5-1-2-7-14(12)28)27-29-16(21(23,24)25)11-13(26-19(17)29)15-8-4-10-31-15/h1-2,4-5,7-8,10,13,16,26H,3,6,9,11H2/t13-,16-/m1/s1. The van der Waals surface area contributed by atoms with Crippen LogP contribution in [0, 0.1) is 0 Å². The Morgan fingerprint density at radius 2 is 2.03 bits per heavy atom. The summed E-state index contributed by atoms with van der Waals surface area (Å²) in [6, 6.07) is 8.90. The average molecular weight is 511 g/mol. The average Bonchev–Trinajstić information content (AvgIpc) is 3.40. The third-order valence-corrected chi connectivity index (χ3v) is 7.48. The number of para-hydroxylation sites is 1. The zero-order valence-corrected chi connectivity index (χ0v) is 18.6. The van der Waals surface area contributed by atoms with Gasteiger partial charge in [0, 0.05) is 23.5 Å². The van der Waals surface area contributed by atoms with Crippen LogP contribution in [-0.2, 0) is 6.42 Å². The number of hydrogen-bond acceptors (Lipinski definition) is 4. The van der Waals surface area contributed by atoms with Gasteiger partial charge in [0.25, 0.3) is 5.91 Å². The Labute approximate surface area is 189 Å². The zero-order chi connectivity index (χ0) is 21.8. The number of halogens is 4. The van der Waals surface area contributed by atoms with E-state index in [1.165, 1.54) is 11.3 Å². The van der Waals surface area contributed by atoms with Crippen molar-refractivity contribution in [1.82, 2.24) is 9.78 Å². The molecule has 0 saturated carbocycles. The van der Waals surface area contributed by atoms with E-state index in [1.54, 1.807) is 4.90 Å². The number of benzene rings is 1. The van der Waals surface area contributed by atoms with Gasteiger partial charge >= 0.3 is 6.18 Å². The molecule has 0 radical (unpaired) electrons. The highest BCUT2D eigenvalue weighted by Gasteiger charge is 2.48. The fourth-order valence-electron chi connectivity index (χ4n) is 4.27. The van der Waals surface area contributed by atoms with Gasteiger partial charge in [-0.25, -0.2) is 4.68 Å².